The van der Waals surface area contributed by atoms with Crippen LogP contribution >= 0.6 is 0 Å². The van der Waals surface area contributed by atoms with Crippen LogP contribution in [0.1, 0.15) is 35.9 Å². The Kier molecular flexibility index (Phi) is 4.76. The second-order valence-electron chi connectivity index (χ2n) is 6.21. The summed E-state index contributed by atoms with van der Waals surface area (Å²) in [6.45, 7) is 4.79. The molecule has 2 aromatic rings. The number of nitrogens with one attached hydrogen (secondary N) is 2. The van der Waals surface area contributed by atoms with Crippen molar-refractivity contribution >= 4 is 5.91 Å². The van der Waals surface area contributed by atoms with Crippen LogP contribution in [-0.4, -0.2) is 34.3 Å². The van der Waals surface area contributed by atoms with Crippen molar-refractivity contribution < 1.29 is 4.79 Å². The number of para-hydroxylation sites is 1. The highest BCUT2D eigenvalue weighted by Crippen LogP contribution is 2.10. The second kappa shape index (κ2) is 6.97. The minimum Gasteiger partial charge on any atom is -0.346 e. The Labute approximate surface area is 140 Å². The number of carbonyl (C=O) groups is 1. The molecule has 2 heterocycles. The van der Waals surface area contributed by atoms with Crippen LogP contribution in [0.5, 0.6) is 0 Å². The molecule has 0 spiro atoms. The molecule has 1 aromatic carbocycles. The summed E-state index contributed by atoms with van der Waals surface area (Å²) in [6.07, 6.45) is 1.91. The Hall–Kier alpha value is -2.47. The average molecular weight is 326 g/mol. The first-order valence-corrected chi connectivity index (χ1v) is 8.27. The van der Waals surface area contributed by atoms with Gasteiger partial charge in [0.25, 0.3) is 5.91 Å². The van der Waals surface area contributed by atoms with E-state index < -0.39 is 5.91 Å². The Morgan fingerprint density at radius 1 is 1.33 bits per heavy atom. The molecular formula is C18H22N4O2. The molecule has 0 aliphatic carbocycles. The highest BCUT2D eigenvalue weighted by Gasteiger charge is 2.25. The number of aryl methyl sites for hydroxylation is 1. The highest BCUT2D eigenvalue weighted by atomic mass is 16.2. The fraction of sp³-hybridized carbons (Fsp3) is 0.389. The molecular weight excluding hydrogens is 304 g/mol. The van der Waals surface area contributed by atoms with Gasteiger partial charge in [0.1, 0.15) is 0 Å². The van der Waals surface area contributed by atoms with E-state index in [9.17, 15) is 9.59 Å². The molecule has 0 saturated carbocycles. The zero-order valence-corrected chi connectivity index (χ0v) is 14.0. The maximum Gasteiger partial charge on any atom is 0.276 e. The molecule has 1 aromatic heterocycles. The second-order valence-corrected chi connectivity index (χ2v) is 6.21. The zero-order valence-electron chi connectivity index (χ0n) is 14.0. The van der Waals surface area contributed by atoms with E-state index in [0.29, 0.717) is 5.69 Å². The summed E-state index contributed by atoms with van der Waals surface area (Å²) in [6, 6.07) is 11.1. The normalized spacial score (nSPS) is 20.6. The molecule has 126 valence electrons. The lowest BCUT2D eigenvalue weighted by Gasteiger charge is -2.30. The van der Waals surface area contributed by atoms with Crippen LogP contribution in [-0.2, 0) is 0 Å². The molecule has 2 atom stereocenters. The lowest BCUT2D eigenvalue weighted by molar-refractivity contribution is 0.0911. The fourth-order valence-electron chi connectivity index (χ4n) is 3.01. The van der Waals surface area contributed by atoms with Gasteiger partial charge >= 0.3 is 0 Å². The number of benzene rings is 1. The predicted molar refractivity (Wildman–Crippen MR) is 92.5 cm³/mol. The third-order valence-corrected chi connectivity index (χ3v) is 4.40. The van der Waals surface area contributed by atoms with Gasteiger partial charge in [-0.2, -0.15) is 5.10 Å². The highest BCUT2D eigenvalue weighted by molar-refractivity contribution is 5.92. The number of rotatable bonds is 3. The Balaban J connectivity index is 1.90. The van der Waals surface area contributed by atoms with Crippen molar-refractivity contribution in [3.8, 4) is 5.69 Å². The van der Waals surface area contributed by atoms with Crippen LogP contribution in [0.2, 0.25) is 0 Å². The van der Waals surface area contributed by atoms with Gasteiger partial charge in [-0.1, -0.05) is 18.2 Å². The predicted octanol–water partition coefficient (Wildman–Crippen LogP) is 1.41. The van der Waals surface area contributed by atoms with Gasteiger partial charge in [-0.15, -0.1) is 0 Å². The lowest BCUT2D eigenvalue weighted by atomic mass is 10.00. The lowest BCUT2D eigenvalue weighted by Crippen LogP contribution is -2.52. The van der Waals surface area contributed by atoms with Gasteiger partial charge in [0.2, 0.25) is 5.43 Å². The molecule has 1 aliphatic rings. The third-order valence-electron chi connectivity index (χ3n) is 4.40. The van der Waals surface area contributed by atoms with E-state index in [1.54, 1.807) is 11.6 Å². The largest absolute Gasteiger partial charge is 0.346 e. The van der Waals surface area contributed by atoms with Gasteiger partial charge in [0.05, 0.1) is 5.69 Å². The topological polar surface area (TPSA) is 76.0 Å². The summed E-state index contributed by atoms with van der Waals surface area (Å²) < 4.78 is 1.62. The van der Waals surface area contributed by atoms with Crippen molar-refractivity contribution in [3.63, 3.8) is 0 Å². The number of piperidine rings is 1. The summed E-state index contributed by atoms with van der Waals surface area (Å²) in [7, 11) is 0. The SMILES string of the molecule is Cc1cc(=O)c(C(=O)NC2CCCNC2C)nn1-c1ccccc1. The van der Waals surface area contributed by atoms with Crippen molar-refractivity contribution in [2.75, 3.05) is 6.54 Å². The molecule has 6 nitrogen and oxygen atoms in total. The van der Waals surface area contributed by atoms with Crippen molar-refractivity contribution in [1.29, 1.82) is 0 Å². The minimum atomic E-state index is -0.412. The van der Waals surface area contributed by atoms with Gasteiger partial charge in [-0.3, -0.25) is 9.59 Å². The number of hydrogen-bond acceptors (Lipinski definition) is 4. The summed E-state index contributed by atoms with van der Waals surface area (Å²) in [4.78, 5) is 24.8. The molecule has 1 saturated heterocycles. The molecule has 1 fully saturated rings. The van der Waals surface area contributed by atoms with Gasteiger partial charge in [0.15, 0.2) is 5.69 Å². The van der Waals surface area contributed by atoms with Crippen LogP contribution in [0.4, 0.5) is 0 Å². The molecule has 0 bridgehead atoms. The minimum absolute atomic E-state index is 0.0129. The smallest absolute Gasteiger partial charge is 0.276 e. The van der Waals surface area contributed by atoms with Crippen molar-refractivity contribution in [1.82, 2.24) is 20.4 Å². The number of amides is 1. The summed E-state index contributed by atoms with van der Waals surface area (Å²) in [5.74, 6) is -0.412. The van der Waals surface area contributed by atoms with E-state index in [0.717, 1.165) is 25.1 Å². The van der Waals surface area contributed by atoms with Gasteiger partial charge in [0, 0.05) is 23.8 Å². The Morgan fingerprint density at radius 3 is 2.79 bits per heavy atom. The summed E-state index contributed by atoms with van der Waals surface area (Å²) >= 11 is 0. The molecule has 6 heteroatoms. The maximum atomic E-state index is 12.6. The molecule has 2 unspecified atom stereocenters. The standard InChI is InChI=1S/C18H22N4O2/c1-12-11-16(23)17(21-22(12)14-7-4-3-5-8-14)18(24)20-15-9-6-10-19-13(15)2/h3-5,7-8,11,13,15,19H,6,9-10H2,1-2H3,(H,20,24). The zero-order chi connectivity index (χ0) is 17.1. The van der Waals surface area contributed by atoms with Gasteiger partial charge < -0.3 is 10.6 Å². The number of carbonyl (C=O) groups excluding carboxylic acids is 1. The van der Waals surface area contributed by atoms with Crippen LogP contribution < -0.4 is 16.1 Å². The number of aromatic nitrogens is 2. The molecule has 2 N–H and O–H groups in total. The van der Waals surface area contributed by atoms with Gasteiger partial charge in [-0.25, -0.2) is 4.68 Å². The first kappa shape index (κ1) is 16.4. The fourth-order valence-corrected chi connectivity index (χ4v) is 3.01. The van der Waals surface area contributed by atoms with E-state index in [1.807, 2.05) is 37.3 Å². The first-order valence-electron chi connectivity index (χ1n) is 8.27. The first-order chi connectivity index (χ1) is 11.6. The average Bonchev–Trinajstić information content (AvgIpc) is 2.58. The molecule has 1 amide bonds. The Bertz CT molecular complexity index is 785. The van der Waals surface area contributed by atoms with Crippen molar-refractivity contribution in [3.05, 3.63) is 58.0 Å². The quantitative estimate of drug-likeness (QED) is 0.894. The van der Waals surface area contributed by atoms with Crippen LogP contribution in [0.15, 0.2) is 41.2 Å². The van der Waals surface area contributed by atoms with E-state index in [1.165, 1.54) is 6.07 Å². The van der Waals surface area contributed by atoms with Crippen LogP contribution in [0, 0.1) is 6.92 Å². The van der Waals surface area contributed by atoms with Crippen molar-refractivity contribution in [2.24, 2.45) is 0 Å². The van der Waals surface area contributed by atoms with E-state index in [2.05, 4.69) is 15.7 Å². The van der Waals surface area contributed by atoms with E-state index in [-0.39, 0.29) is 23.2 Å². The third kappa shape index (κ3) is 3.38. The van der Waals surface area contributed by atoms with Crippen LogP contribution in [0.3, 0.4) is 0 Å². The maximum absolute atomic E-state index is 12.6. The summed E-state index contributed by atoms with van der Waals surface area (Å²) in [5, 5.41) is 10.6. The summed E-state index contributed by atoms with van der Waals surface area (Å²) in [5.41, 5.74) is 1.09. The number of hydrogen-bond donors (Lipinski definition) is 2. The molecule has 0 radical (unpaired) electrons. The molecule has 3 rings (SSSR count). The molecule has 24 heavy (non-hydrogen) atoms. The van der Waals surface area contributed by atoms with E-state index in [4.69, 9.17) is 0 Å². The van der Waals surface area contributed by atoms with Crippen molar-refractivity contribution in [2.45, 2.75) is 38.8 Å². The number of nitrogens with zero attached hydrogens (tertiary/aromatic N) is 2. The molecule has 1 aliphatic heterocycles. The van der Waals surface area contributed by atoms with Crippen LogP contribution in [0.25, 0.3) is 5.69 Å². The monoisotopic (exact) mass is 326 g/mol. The Morgan fingerprint density at radius 2 is 2.08 bits per heavy atom. The van der Waals surface area contributed by atoms with E-state index >= 15 is 0 Å². The van der Waals surface area contributed by atoms with Gasteiger partial charge in [-0.05, 0) is 45.4 Å².